The molecule has 0 aliphatic carbocycles. The van der Waals surface area contributed by atoms with Crippen LogP contribution < -0.4 is 5.32 Å². The van der Waals surface area contributed by atoms with Crippen LogP contribution in [0.15, 0.2) is 18.2 Å². The fourth-order valence-electron chi connectivity index (χ4n) is 2.55. The third-order valence-electron chi connectivity index (χ3n) is 3.64. The Hall–Kier alpha value is -0.930. The molecular formula is C13H17FN2. The summed E-state index contributed by atoms with van der Waals surface area (Å²) >= 11 is 0. The van der Waals surface area contributed by atoms with Crippen molar-refractivity contribution in [3.05, 3.63) is 35.1 Å². The van der Waals surface area contributed by atoms with Crippen molar-refractivity contribution in [2.45, 2.75) is 25.4 Å². The Kier molecular flexibility index (Phi) is 2.65. The zero-order valence-electron chi connectivity index (χ0n) is 9.38. The van der Waals surface area contributed by atoms with Crippen LogP contribution in [0.3, 0.4) is 0 Å². The van der Waals surface area contributed by atoms with E-state index in [1.54, 1.807) is 12.1 Å². The maximum atomic E-state index is 13.1. The summed E-state index contributed by atoms with van der Waals surface area (Å²) in [6.07, 6.45) is 2.29. The molecule has 0 aromatic heterocycles. The third-order valence-corrected chi connectivity index (χ3v) is 3.64. The maximum absolute atomic E-state index is 13.1. The van der Waals surface area contributed by atoms with Crippen molar-refractivity contribution in [1.82, 2.24) is 10.2 Å². The first-order valence-corrected chi connectivity index (χ1v) is 6.04. The van der Waals surface area contributed by atoms with Crippen LogP contribution in [0.1, 0.15) is 17.5 Å². The van der Waals surface area contributed by atoms with Gasteiger partial charge in [0.05, 0.1) is 0 Å². The minimum Gasteiger partial charge on any atom is -0.308 e. The fourth-order valence-corrected chi connectivity index (χ4v) is 2.55. The zero-order valence-corrected chi connectivity index (χ0v) is 9.38. The quantitative estimate of drug-likeness (QED) is 0.813. The summed E-state index contributed by atoms with van der Waals surface area (Å²) in [7, 11) is 0. The molecule has 1 saturated heterocycles. The highest BCUT2D eigenvalue weighted by molar-refractivity contribution is 5.30. The van der Waals surface area contributed by atoms with E-state index >= 15 is 0 Å². The molecule has 0 bridgehead atoms. The lowest BCUT2D eigenvalue weighted by Gasteiger charge is -2.36. The van der Waals surface area contributed by atoms with Crippen molar-refractivity contribution in [3.8, 4) is 0 Å². The van der Waals surface area contributed by atoms with Gasteiger partial charge in [0, 0.05) is 19.1 Å². The first-order chi connectivity index (χ1) is 7.81. The number of hydrogen-bond acceptors (Lipinski definition) is 2. The number of nitrogens with one attached hydrogen (secondary N) is 1. The molecule has 86 valence electrons. The fraction of sp³-hybridized carbons (Fsp3) is 0.538. The third kappa shape index (κ3) is 1.97. The van der Waals surface area contributed by atoms with E-state index in [2.05, 4.69) is 10.2 Å². The summed E-state index contributed by atoms with van der Waals surface area (Å²) in [6, 6.07) is 5.64. The molecule has 1 fully saturated rings. The Labute approximate surface area is 95.4 Å². The zero-order chi connectivity index (χ0) is 11.0. The van der Waals surface area contributed by atoms with Gasteiger partial charge in [-0.2, -0.15) is 0 Å². The molecule has 1 aromatic carbocycles. The molecule has 2 heterocycles. The molecule has 1 N–H and O–H groups in total. The van der Waals surface area contributed by atoms with Crippen LogP contribution in [0, 0.1) is 5.82 Å². The van der Waals surface area contributed by atoms with Crippen molar-refractivity contribution in [1.29, 1.82) is 0 Å². The van der Waals surface area contributed by atoms with Crippen molar-refractivity contribution in [2.24, 2.45) is 0 Å². The molecule has 1 aromatic rings. The van der Waals surface area contributed by atoms with Gasteiger partial charge in [-0.05, 0) is 49.2 Å². The van der Waals surface area contributed by atoms with Crippen LogP contribution in [0.5, 0.6) is 0 Å². The number of benzene rings is 1. The Morgan fingerprint density at radius 1 is 1.31 bits per heavy atom. The lowest BCUT2D eigenvalue weighted by Crippen LogP contribution is -2.49. The second kappa shape index (κ2) is 4.15. The predicted molar refractivity (Wildman–Crippen MR) is 61.8 cm³/mol. The summed E-state index contributed by atoms with van der Waals surface area (Å²) in [5, 5.41) is 3.53. The molecule has 1 atom stereocenters. The van der Waals surface area contributed by atoms with Crippen LogP contribution in [-0.2, 0) is 13.0 Å². The highest BCUT2D eigenvalue weighted by Crippen LogP contribution is 2.19. The monoisotopic (exact) mass is 220 g/mol. The smallest absolute Gasteiger partial charge is 0.123 e. The van der Waals surface area contributed by atoms with E-state index in [0.29, 0.717) is 6.04 Å². The molecule has 2 nitrogen and oxygen atoms in total. The van der Waals surface area contributed by atoms with E-state index in [9.17, 15) is 4.39 Å². The van der Waals surface area contributed by atoms with Gasteiger partial charge in [0.25, 0.3) is 0 Å². The number of fused-ring (bicyclic) bond motifs is 1. The van der Waals surface area contributed by atoms with Crippen molar-refractivity contribution in [2.75, 3.05) is 19.6 Å². The first-order valence-electron chi connectivity index (χ1n) is 6.04. The molecule has 1 unspecified atom stereocenters. The largest absolute Gasteiger partial charge is 0.308 e. The predicted octanol–water partition coefficient (Wildman–Crippen LogP) is 1.55. The highest BCUT2D eigenvalue weighted by Gasteiger charge is 2.23. The number of halogens is 1. The van der Waals surface area contributed by atoms with Crippen molar-refractivity contribution in [3.63, 3.8) is 0 Å². The van der Waals surface area contributed by atoms with Crippen LogP contribution in [-0.4, -0.2) is 30.6 Å². The average Bonchev–Trinajstić information content (AvgIpc) is 2.23. The average molecular weight is 220 g/mol. The summed E-state index contributed by atoms with van der Waals surface area (Å²) in [5.74, 6) is -0.108. The van der Waals surface area contributed by atoms with E-state index in [0.717, 1.165) is 19.5 Å². The van der Waals surface area contributed by atoms with Crippen molar-refractivity contribution >= 4 is 0 Å². The molecule has 3 heteroatoms. The van der Waals surface area contributed by atoms with E-state index < -0.39 is 0 Å². The molecule has 0 spiro atoms. The highest BCUT2D eigenvalue weighted by atomic mass is 19.1. The Balaban J connectivity index is 1.69. The van der Waals surface area contributed by atoms with E-state index in [-0.39, 0.29) is 5.82 Å². The minimum atomic E-state index is -0.108. The van der Waals surface area contributed by atoms with Gasteiger partial charge >= 0.3 is 0 Å². The molecule has 16 heavy (non-hydrogen) atoms. The minimum absolute atomic E-state index is 0.108. The SMILES string of the molecule is Fc1ccc2c(c1)CC(CN1CCC1)NC2. The Morgan fingerprint density at radius 2 is 2.19 bits per heavy atom. The van der Waals surface area contributed by atoms with Gasteiger partial charge < -0.3 is 10.2 Å². The Morgan fingerprint density at radius 3 is 2.94 bits per heavy atom. The van der Waals surface area contributed by atoms with Crippen molar-refractivity contribution < 1.29 is 4.39 Å². The normalized spacial score (nSPS) is 24.9. The molecule has 0 radical (unpaired) electrons. The van der Waals surface area contributed by atoms with Gasteiger partial charge in [-0.1, -0.05) is 6.07 Å². The maximum Gasteiger partial charge on any atom is 0.123 e. The summed E-state index contributed by atoms with van der Waals surface area (Å²) in [4.78, 5) is 2.46. The topological polar surface area (TPSA) is 15.3 Å². The summed E-state index contributed by atoms with van der Waals surface area (Å²) in [5.41, 5.74) is 2.44. The molecular weight excluding hydrogens is 203 g/mol. The second-order valence-electron chi connectivity index (χ2n) is 4.85. The van der Waals surface area contributed by atoms with Gasteiger partial charge in [0.2, 0.25) is 0 Å². The van der Waals surface area contributed by atoms with E-state index in [4.69, 9.17) is 0 Å². The molecule has 0 saturated carbocycles. The van der Waals surface area contributed by atoms with E-state index in [1.807, 2.05) is 6.07 Å². The molecule has 2 aliphatic rings. The van der Waals surface area contributed by atoms with Gasteiger partial charge in [0.1, 0.15) is 5.82 Å². The van der Waals surface area contributed by atoms with Crippen LogP contribution in [0.4, 0.5) is 4.39 Å². The van der Waals surface area contributed by atoms with Crippen LogP contribution in [0.25, 0.3) is 0 Å². The lowest BCUT2D eigenvalue weighted by molar-refractivity contribution is 0.158. The van der Waals surface area contributed by atoms with Gasteiger partial charge in [0.15, 0.2) is 0 Å². The molecule has 3 rings (SSSR count). The van der Waals surface area contributed by atoms with Crippen LogP contribution in [0.2, 0.25) is 0 Å². The van der Waals surface area contributed by atoms with E-state index in [1.165, 1.54) is 30.6 Å². The first kappa shape index (κ1) is 10.2. The second-order valence-corrected chi connectivity index (χ2v) is 4.85. The van der Waals surface area contributed by atoms with Gasteiger partial charge in [-0.3, -0.25) is 0 Å². The number of likely N-dealkylation sites (tertiary alicyclic amines) is 1. The summed E-state index contributed by atoms with van der Waals surface area (Å²) < 4.78 is 13.1. The Bertz CT molecular complexity index is 388. The number of nitrogens with zero attached hydrogens (tertiary/aromatic N) is 1. The number of rotatable bonds is 2. The van der Waals surface area contributed by atoms with Gasteiger partial charge in [-0.25, -0.2) is 4.39 Å². The summed E-state index contributed by atoms with van der Waals surface area (Å²) in [6.45, 7) is 4.45. The van der Waals surface area contributed by atoms with Crippen LogP contribution >= 0.6 is 0 Å². The number of hydrogen-bond donors (Lipinski definition) is 1. The standard InChI is InChI=1S/C13H17FN2/c14-12-3-2-10-8-15-13(7-11(10)6-12)9-16-4-1-5-16/h2-3,6,13,15H,1,4-5,7-9H2. The molecule has 0 amide bonds. The van der Waals surface area contributed by atoms with Gasteiger partial charge in [-0.15, -0.1) is 0 Å². The lowest BCUT2D eigenvalue weighted by atomic mass is 9.95. The molecule has 2 aliphatic heterocycles.